The number of hydrogen-bond donors (Lipinski definition) is 2. The average molecular weight is 467 g/mol. The first-order chi connectivity index (χ1) is 15.9. The maximum Gasteiger partial charge on any atom is 0.275 e. The van der Waals surface area contributed by atoms with E-state index in [1.807, 2.05) is 50.2 Å². The molecule has 2 aromatic carbocycles. The molecule has 1 amide bonds. The van der Waals surface area contributed by atoms with E-state index >= 15 is 0 Å². The number of nitrogen functional groups attached to an aromatic ring is 1. The number of benzene rings is 2. The Balaban J connectivity index is 1.44. The number of oxazole rings is 1. The Hall–Kier alpha value is -3.85. The van der Waals surface area contributed by atoms with Gasteiger partial charge in [0.1, 0.15) is 17.2 Å². The second-order valence-electron chi connectivity index (χ2n) is 7.27. The standard InChI is InChI=1S/C23H23ClN6O3/c1-3-32-18-10-6-16(7-11-18)23-27-19(14(2)33-23)13-30-21(25)20(28-29-30)22(31)26-12-15-4-8-17(24)9-5-15/h4-11H,3,12-13,25H2,1-2H3,(H,26,31). The molecule has 33 heavy (non-hydrogen) atoms. The molecule has 0 radical (unpaired) electrons. The summed E-state index contributed by atoms with van der Waals surface area (Å²) in [5.41, 5.74) is 8.56. The van der Waals surface area contributed by atoms with Crippen LogP contribution < -0.4 is 15.8 Å². The van der Waals surface area contributed by atoms with Crippen LogP contribution in [0, 0.1) is 6.92 Å². The molecule has 0 aliphatic heterocycles. The van der Waals surface area contributed by atoms with Crippen LogP contribution in [0.4, 0.5) is 5.82 Å². The van der Waals surface area contributed by atoms with Crippen molar-refractivity contribution in [3.05, 3.63) is 76.3 Å². The third kappa shape index (κ3) is 5.15. The van der Waals surface area contributed by atoms with E-state index in [2.05, 4.69) is 20.6 Å². The molecule has 2 heterocycles. The lowest BCUT2D eigenvalue weighted by Crippen LogP contribution is -2.24. The number of halogens is 1. The van der Waals surface area contributed by atoms with Crippen molar-refractivity contribution in [3.63, 3.8) is 0 Å². The van der Waals surface area contributed by atoms with E-state index in [4.69, 9.17) is 26.5 Å². The van der Waals surface area contributed by atoms with Gasteiger partial charge in [-0.1, -0.05) is 28.9 Å². The normalized spacial score (nSPS) is 10.9. The van der Waals surface area contributed by atoms with Crippen molar-refractivity contribution in [2.75, 3.05) is 12.3 Å². The second-order valence-corrected chi connectivity index (χ2v) is 7.71. The third-order valence-electron chi connectivity index (χ3n) is 4.96. The van der Waals surface area contributed by atoms with Gasteiger partial charge in [-0.15, -0.1) is 5.10 Å². The topological polar surface area (TPSA) is 121 Å². The highest BCUT2D eigenvalue weighted by atomic mass is 35.5. The molecule has 0 atom stereocenters. The van der Waals surface area contributed by atoms with Gasteiger partial charge in [0.05, 0.1) is 13.2 Å². The molecule has 0 fully saturated rings. The van der Waals surface area contributed by atoms with E-state index in [1.165, 1.54) is 4.68 Å². The lowest BCUT2D eigenvalue weighted by Gasteiger charge is -2.05. The Kier molecular flexibility index (Phi) is 6.60. The fraction of sp³-hybridized carbons (Fsp3) is 0.217. The highest BCUT2D eigenvalue weighted by Crippen LogP contribution is 2.25. The van der Waals surface area contributed by atoms with Crippen LogP contribution in [0.5, 0.6) is 5.75 Å². The van der Waals surface area contributed by atoms with E-state index in [0.717, 1.165) is 16.9 Å². The molecule has 0 unspecified atom stereocenters. The first-order valence-corrected chi connectivity index (χ1v) is 10.7. The van der Waals surface area contributed by atoms with Gasteiger partial charge in [0.25, 0.3) is 5.91 Å². The first-order valence-electron chi connectivity index (χ1n) is 10.4. The molecule has 4 aromatic rings. The fourth-order valence-electron chi connectivity index (χ4n) is 3.17. The lowest BCUT2D eigenvalue weighted by molar-refractivity contribution is 0.0946. The van der Waals surface area contributed by atoms with E-state index < -0.39 is 5.91 Å². The molecule has 170 valence electrons. The molecule has 0 aliphatic carbocycles. The summed E-state index contributed by atoms with van der Waals surface area (Å²) in [7, 11) is 0. The summed E-state index contributed by atoms with van der Waals surface area (Å²) >= 11 is 5.88. The number of carbonyl (C=O) groups excluding carboxylic acids is 1. The van der Waals surface area contributed by atoms with Gasteiger partial charge in [0, 0.05) is 17.1 Å². The van der Waals surface area contributed by atoms with Gasteiger partial charge in [-0.3, -0.25) is 4.79 Å². The van der Waals surface area contributed by atoms with Crippen LogP contribution in [-0.2, 0) is 13.1 Å². The summed E-state index contributed by atoms with van der Waals surface area (Å²) in [5.74, 6) is 1.61. The number of nitrogens with two attached hydrogens (primary N) is 1. The molecule has 0 bridgehead atoms. The Bertz CT molecular complexity index is 1250. The third-order valence-corrected chi connectivity index (χ3v) is 5.21. The molecule has 9 nitrogen and oxygen atoms in total. The van der Waals surface area contributed by atoms with Crippen molar-refractivity contribution in [2.24, 2.45) is 0 Å². The van der Waals surface area contributed by atoms with Gasteiger partial charge in [-0.05, 0) is 55.8 Å². The van der Waals surface area contributed by atoms with Crippen LogP contribution in [-0.4, -0.2) is 32.5 Å². The van der Waals surface area contributed by atoms with Gasteiger partial charge in [0.15, 0.2) is 11.5 Å². The van der Waals surface area contributed by atoms with Gasteiger partial charge in [-0.25, -0.2) is 9.67 Å². The Morgan fingerprint density at radius 2 is 1.91 bits per heavy atom. The Morgan fingerprint density at radius 1 is 1.18 bits per heavy atom. The number of aryl methyl sites for hydroxylation is 1. The molecule has 10 heteroatoms. The van der Waals surface area contributed by atoms with Gasteiger partial charge < -0.3 is 20.2 Å². The molecule has 2 aromatic heterocycles. The number of ether oxygens (including phenoxy) is 1. The summed E-state index contributed by atoms with van der Waals surface area (Å²) in [4.78, 5) is 17.1. The number of anilines is 1. The van der Waals surface area contributed by atoms with Crippen LogP contribution in [0.1, 0.15) is 34.4 Å². The number of rotatable bonds is 8. The molecule has 0 saturated heterocycles. The smallest absolute Gasteiger partial charge is 0.275 e. The molecule has 0 spiro atoms. The zero-order chi connectivity index (χ0) is 23.4. The predicted molar refractivity (Wildman–Crippen MR) is 124 cm³/mol. The molecule has 4 rings (SSSR count). The van der Waals surface area contributed by atoms with Crippen LogP contribution in [0.3, 0.4) is 0 Å². The quantitative estimate of drug-likeness (QED) is 0.404. The SMILES string of the molecule is CCOc1ccc(-c2nc(Cn3nnc(C(=O)NCc4ccc(Cl)cc4)c3N)c(C)o2)cc1. The van der Waals surface area contributed by atoms with Crippen LogP contribution in [0.25, 0.3) is 11.5 Å². The van der Waals surface area contributed by atoms with Crippen molar-refractivity contribution < 1.29 is 13.9 Å². The fourth-order valence-corrected chi connectivity index (χ4v) is 3.29. The minimum atomic E-state index is -0.416. The minimum Gasteiger partial charge on any atom is -0.494 e. The lowest BCUT2D eigenvalue weighted by atomic mass is 10.2. The zero-order valence-electron chi connectivity index (χ0n) is 18.2. The molecule has 0 saturated carbocycles. The second kappa shape index (κ2) is 9.74. The number of amides is 1. The van der Waals surface area contributed by atoms with Crippen molar-refractivity contribution >= 4 is 23.3 Å². The Morgan fingerprint density at radius 3 is 2.61 bits per heavy atom. The molecule has 3 N–H and O–H groups in total. The highest BCUT2D eigenvalue weighted by molar-refractivity contribution is 6.30. The Labute approximate surface area is 195 Å². The van der Waals surface area contributed by atoms with Crippen LogP contribution in [0.2, 0.25) is 5.02 Å². The van der Waals surface area contributed by atoms with Crippen molar-refractivity contribution in [2.45, 2.75) is 26.9 Å². The molecular weight excluding hydrogens is 444 g/mol. The van der Waals surface area contributed by atoms with E-state index in [-0.39, 0.29) is 18.1 Å². The summed E-state index contributed by atoms with van der Waals surface area (Å²) in [6.45, 7) is 4.88. The van der Waals surface area contributed by atoms with Crippen LogP contribution >= 0.6 is 11.6 Å². The number of nitrogens with zero attached hydrogens (tertiary/aromatic N) is 4. The van der Waals surface area contributed by atoms with Crippen molar-refractivity contribution in [3.8, 4) is 17.2 Å². The predicted octanol–water partition coefficient (Wildman–Crippen LogP) is 3.85. The highest BCUT2D eigenvalue weighted by Gasteiger charge is 2.20. The zero-order valence-corrected chi connectivity index (χ0v) is 19.0. The number of carbonyl (C=O) groups is 1. The maximum atomic E-state index is 12.5. The van der Waals surface area contributed by atoms with Gasteiger partial charge in [-0.2, -0.15) is 0 Å². The average Bonchev–Trinajstić information content (AvgIpc) is 3.36. The monoisotopic (exact) mass is 466 g/mol. The number of hydrogen-bond acceptors (Lipinski definition) is 7. The molecule has 0 aliphatic rings. The van der Waals surface area contributed by atoms with Crippen molar-refractivity contribution in [1.29, 1.82) is 0 Å². The minimum absolute atomic E-state index is 0.0526. The summed E-state index contributed by atoms with van der Waals surface area (Å²) in [6, 6.07) is 14.7. The first kappa shape index (κ1) is 22.3. The summed E-state index contributed by atoms with van der Waals surface area (Å²) in [5, 5.41) is 11.4. The van der Waals surface area contributed by atoms with Crippen LogP contribution in [0.15, 0.2) is 52.9 Å². The largest absolute Gasteiger partial charge is 0.494 e. The number of aromatic nitrogens is 4. The molecular formula is C23H23ClN6O3. The summed E-state index contributed by atoms with van der Waals surface area (Å²) < 4.78 is 12.7. The summed E-state index contributed by atoms with van der Waals surface area (Å²) in [6.07, 6.45) is 0. The maximum absolute atomic E-state index is 12.5. The van der Waals surface area contributed by atoms with Gasteiger partial charge in [0.2, 0.25) is 5.89 Å². The van der Waals surface area contributed by atoms with Gasteiger partial charge >= 0.3 is 0 Å². The van der Waals surface area contributed by atoms with E-state index in [1.54, 1.807) is 12.1 Å². The van der Waals surface area contributed by atoms with Crippen molar-refractivity contribution in [1.82, 2.24) is 25.3 Å². The van der Waals surface area contributed by atoms with E-state index in [0.29, 0.717) is 35.5 Å². The van der Waals surface area contributed by atoms with E-state index in [9.17, 15) is 4.79 Å². The number of nitrogens with one attached hydrogen (secondary N) is 1.